The quantitative estimate of drug-likeness (QED) is 0.877. The Bertz CT molecular complexity index is 421. The summed E-state index contributed by atoms with van der Waals surface area (Å²) in [6.07, 6.45) is 2.35. The van der Waals surface area contributed by atoms with Gasteiger partial charge in [0.2, 0.25) is 0 Å². The number of nitrogens with one attached hydrogen (secondary N) is 1. The maximum absolute atomic E-state index is 3.71. The van der Waals surface area contributed by atoms with Crippen molar-refractivity contribution in [3.63, 3.8) is 0 Å². The first-order chi connectivity index (χ1) is 10.1. The summed E-state index contributed by atoms with van der Waals surface area (Å²) in [4.78, 5) is 5.01. The minimum atomic E-state index is 0.502. The Labute approximate surface area is 137 Å². The second-order valence-electron chi connectivity index (χ2n) is 6.16. The molecule has 0 amide bonds. The highest BCUT2D eigenvalue weighted by Crippen LogP contribution is 2.16. The highest BCUT2D eigenvalue weighted by molar-refractivity contribution is 9.10. The lowest BCUT2D eigenvalue weighted by molar-refractivity contribution is 0.178. The van der Waals surface area contributed by atoms with E-state index in [1.165, 1.54) is 25.1 Å². The molecule has 118 valence electrons. The second kappa shape index (κ2) is 8.28. The molecule has 1 aliphatic heterocycles. The van der Waals surface area contributed by atoms with Gasteiger partial charge in [0, 0.05) is 23.1 Å². The van der Waals surface area contributed by atoms with Gasteiger partial charge in [0.25, 0.3) is 0 Å². The van der Waals surface area contributed by atoms with Crippen LogP contribution in [0.3, 0.4) is 0 Å². The fraction of sp³-hybridized carbons (Fsp3) is 0.647. The third-order valence-electron chi connectivity index (χ3n) is 4.42. The minimum Gasteiger partial charge on any atom is -0.312 e. The summed E-state index contributed by atoms with van der Waals surface area (Å²) >= 11 is 3.52. The smallest absolute Gasteiger partial charge is 0.0376 e. The standard InChI is InChI=1S/C17H28BrN3/c1-4-19-16(12-14-6-8-15(18)9-7-14)17-13-20(2)10-5-11-21(17)3/h6-9,16-17,19H,4-5,10-13H2,1-3H3. The molecule has 21 heavy (non-hydrogen) atoms. The Balaban J connectivity index is 2.10. The topological polar surface area (TPSA) is 18.5 Å². The van der Waals surface area contributed by atoms with E-state index in [1.807, 2.05) is 0 Å². The van der Waals surface area contributed by atoms with Crippen molar-refractivity contribution in [3.05, 3.63) is 34.3 Å². The van der Waals surface area contributed by atoms with Crippen LogP contribution in [0, 0.1) is 0 Å². The summed E-state index contributed by atoms with van der Waals surface area (Å²) in [7, 11) is 4.52. The van der Waals surface area contributed by atoms with Crippen molar-refractivity contribution < 1.29 is 0 Å². The van der Waals surface area contributed by atoms with Crippen molar-refractivity contribution >= 4 is 15.9 Å². The maximum atomic E-state index is 3.71. The first kappa shape index (κ1) is 16.9. The Morgan fingerprint density at radius 1 is 1.24 bits per heavy atom. The summed E-state index contributed by atoms with van der Waals surface area (Å²) in [5.41, 5.74) is 1.41. The van der Waals surface area contributed by atoms with Gasteiger partial charge in [-0.2, -0.15) is 0 Å². The zero-order valence-electron chi connectivity index (χ0n) is 13.5. The number of likely N-dealkylation sites (N-methyl/N-ethyl adjacent to an activating group) is 3. The van der Waals surface area contributed by atoms with Gasteiger partial charge in [-0.25, -0.2) is 0 Å². The SMILES string of the molecule is CCNC(Cc1ccc(Br)cc1)C1CN(C)CCCN1C. The lowest BCUT2D eigenvalue weighted by atomic mass is 9.98. The van der Waals surface area contributed by atoms with E-state index in [9.17, 15) is 0 Å². The molecule has 1 aliphatic rings. The van der Waals surface area contributed by atoms with Gasteiger partial charge < -0.3 is 15.1 Å². The fourth-order valence-electron chi connectivity index (χ4n) is 3.22. The highest BCUT2D eigenvalue weighted by atomic mass is 79.9. The second-order valence-corrected chi connectivity index (χ2v) is 7.07. The number of benzene rings is 1. The van der Waals surface area contributed by atoms with Crippen molar-refractivity contribution in [1.29, 1.82) is 0 Å². The molecule has 2 rings (SSSR count). The predicted octanol–water partition coefficient (Wildman–Crippen LogP) is 2.61. The Hall–Kier alpha value is -0.420. The Kier molecular flexibility index (Phi) is 6.68. The zero-order valence-corrected chi connectivity index (χ0v) is 15.1. The molecule has 0 bridgehead atoms. The molecule has 0 aliphatic carbocycles. The number of hydrogen-bond donors (Lipinski definition) is 1. The predicted molar refractivity (Wildman–Crippen MR) is 93.8 cm³/mol. The van der Waals surface area contributed by atoms with Crippen LogP contribution >= 0.6 is 15.9 Å². The van der Waals surface area contributed by atoms with Crippen molar-refractivity contribution in [1.82, 2.24) is 15.1 Å². The number of rotatable bonds is 5. The molecule has 0 saturated carbocycles. The lowest BCUT2D eigenvalue weighted by Crippen LogP contribution is -2.53. The average molecular weight is 354 g/mol. The summed E-state index contributed by atoms with van der Waals surface area (Å²) in [5.74, 6) is 0. The van der Waals surface area contributed by atoms with E-state index < -0.39 is 0 Å². The largest absolute Gasteiger partial charge is 0.312 e. The monoisotopic (exact) mass is 353 g/mol. The molecule has 2 atom stereocenters. The third-order valence-corrected chi connectivity index (χ3v) is 4.94. The zero-order chi connectivity index (χ0) is 15.2. The van der Waals surface area contributed by atoms with Crippen molar-refractivity contribution in [2.75, 3.05) is 40.3 Å². The van der Waals surface area contributed by atoms with E-state index in [4.69, 9.17) is 0 Å². The van der Waals surface area contributed by atoms with Crippen LogP contribution in [0.4, 0.5) is 0 Å². The summed E-state index contributed by atoms with van der Waals surface area (Å²) in [6.45, 7) is 6.77. The van der Waals surface area contributed by atoms with Gasteiger partial charge in [-0.15, -0.1) is 0 Å². The number of hydrogen-bond acceptors (Lipinski definition) is 3. The van der Waals surface area contributed by atoms with Crippen LogP contribution in [0.5, 0.6) is 0 Å². The average Bonchev–Trinajstić information content (AvgIpc) is 2.62. The molecule has 3 nitrogen and oxygen atoms in total. The van der Waals surface area contributed by atoms with Gasteiger partial charge in [0.1, 0.15) is 0 Å². The molecule has 1 fully saturated rings. The van der Waals surface area contributed by atoms with Gasteiger partial charge in [-0.1, -0.05) is 35.0 Å². The van der Waals surface area contributed by atoms with Crippen LogP contribution in [0.2, 0.25) is 0 Å². The molecule has 0 radical (unpaired) electrons. The first-order valence-corrected chi connectivity index (χ1v) is 8.76. The molecule has 4 heteroatoms. The molecule has 0 spiro atoms. The normalized spacial score (nSPS) is 23.0. The molecular formula is C17H28BrN3. The van der Waals surface area contributed by atoms with Crippen LogP contribution in [0.25, 0.3) is 0 Å². The van der Waals surface area contributed by atoms with Crippen molar-refractivity contribution in [2.45, 2.75) is 31.8 Å². The number of halogens is 1. The van der Waals surface area contributed by atoms with E-state index in [-0.39, 0.29) is 0 Å². The van der Waals surface area contributed by atoms with E-state index >= 15 is 0 Å². The van der Waals surface area contributed by atoms with Gasteiger partial charge in [-0.3, -0.25) is 0 Å². The highest BCUT2D eigenvalue weighted by Gasteiger charge is 2.28. The van der Waals surface area contributed by atoms with E-state index in [0.29, 0.717) is 12.1 Å². The molecule has 1 aromatic rings. The van der Waals surface area contributed by atoms with E-state index in [1.54, 1.807) is 0 Å². The van der Waals surface area contributed by atoms with Crippen LogP contribution in [0.15, 0.2) is 28.7 Å². The molecule has 1 aromatic carbocycles. The Morgan fingerprint density at radius 3 is 2.62 bits per heavy atom. The third kappa shape index (κ3) is 5.06. The molecule has 1 heterocycles. The van der Waals surface area contributed by atoms with Crippen molar-refractivity contribution in [2.24, 2.45) is 0 Å². The molecule has 1 saturated heterocycles. The number of nitrogens with zero attached hydrogens (tertiary/aromatic N) is 2. The molecule has 1 N–H and O–H groups in total. The summed E-state index contributed by atoms with van der Waals surface area (Å²) in [6, 6.07) is 9.81. The molecule has 2 unspecified atom stereocenters. The van der Waals surface area contributed by atoms with Gasteiger partial charge in [0.15, 0.2) is 0 Å². The lowest BCUT2D eigenvalue weighted by Gasteiger charge is -2.35. The summed E-state index contributed by atoms with van der Waals surface area (Å²) in [5, 5.41) is 3.71. The summed E-state index contributed by atoms with van der Waals surface area (Å²) < 4.78 is 1.15. The van der Waals surface area contributed by atoms with Crippen LogP contribution in [-0.2, 0) is 6.42 Å². The van der Waals surface area contributed by atoms with Crippen molar-refractivity contribution in [3.8, 4) is 0 Å². The van der Waals surface area contributed by atoms with Gasteiger partial charge in [-0.05, 0) is 64.3 Å². The van der Waals surface area contributed by atoms with Gasteiger partial charge >= 0.3 is 0 Å². The minimum absolute atomic E-state index is 0.502. The molecule has 0 aromatic heterocycles. The van der Waals surface area contributed by atoms with Crippen LogP contribution in [-0.4, -0.2) is 62.2 Å². The Morgan fingerprint density at radius 2 is 1.95 bits per heavy atom. The van der Waals surface area contributed by atoms with Gasteiger partial charge in [0.05, 0.1) is 0 Å². The first-order valence-electron chi connectivity index (χ1n) is 7.96. The van der Waals surface area contributed by atoms with Crippen LogP contribution < -0.4 is 5.32 Å². The maximum Gasteiger partial charge on any atom is 0.0376 e. The fourth-order valence-corrected chi connectivity index (χ4v) is 3.49. The van der Waals surface area contributed by atoms with Crippen LogP contribution in [0.1, 0.15) is 18.9 Å². The van der Waals surface area contributed by atoms with E-state index in [2.05, 4.69) is 76.3 Å². The molecular weight excluding hydrogens is 326 g/mol. The van der Waals surface area contributed by atoms with E-state index in [0.717, 1.165) is 24.0 Å².